The first-order valence-corrected chi connectivity index (χ1v) is 9.38. The molecule has 0 amide bonds. The lowest BCUT2D eigenvalue weighted by atomic mass is 10.2. The van der Waals surface area contributed by atoms with Gasteiger partial charge in [0.15, 0.2) is 0 Å². The number of nitrogens with zero attached hydrogens (tertiary/aromatic N) is 1. The molecule has 6 heteroatoms. The van der Waals surface area contributed by atoms with E-state index in [0.717, 1.165) is 11.1 Å². The molecule has 0 heterocycles. The Balaban J connectivity index is 2.11. The summed E-state index contributed by atoms with van der Waals surface area (Å²) in [6.07, 6.45) is 0. The minimum Gasteiger partial charge on any atom is -0.396 e. The van der Waals surface area contributed by atoms with Gasteiger partial charge >= 0.3 is 0 Å². The Morgan fingerprint density at radius 2 is 1.54 bits per heavy atom. The van der Waals surface area contributed by atoms with Gasteiger partial charge in [-0.3, -0.25) is 0 Å². The summed E-state index contributed by atoms with van der Waals surface area (Å²) in [5.74, 6) is -0.137. The molecule has 0 fully saturated rings. The van der Waals surface area contributed by atoms with Gasteiger partial charge in [-0.15, -0.1) is 0 Å². The Morgan fingerprint density at radius 1 is 1.00 bits per heavy atom. The lowest BCUT2D eigenvalue weighted by molar-refractivity contribution is 0.210. The van der Waals surface area contributed by atoms with Gasteiger partial charge in [-0.05, 0) is 17.0 Å². The van der Waals surface area contributed by atoms with Crippen molar-refractivity contribution in [1.82, 2.24) is 9.03 Å². The van der Waals surface area contributed by atoms with Gasteiger partial charge in [-0.2, -0.15) is 17.4 Å². The molecule has 5 nitrogen and oxygen atoms in total. The first-order chi connectivity index (χ1) is 11.5. The average Bonchev–Trinajstić information content (AvgIpc) is 2.61. The maximum absolute atomic E-state index is 12.7. The molecule has 0 bridgehead atoms. The fraction of sp³-hybridized carbons (Fsp3) is 0.333. The summed E-state index contributed by atoms with van der Waals surface area (Å²) in [5.41, 5.74) is 1.81. The van der Waals surface area contributed by atoms with Gasteiger partial charge in [-0.1, -0.05) is 67.6 Å². The van der Waals surface area contributed by atoms with Crippen molar-refractivity contribution in [1.29, 1.82) is 0 Å². The molecule has 0 aromatic heterocycles. The molecule has 130 valence electrons. The molecular formula is C18H24N2O3S. The van der Waals surface area contributed by atoms with Crippen molar-refractivity contribution in [3.8, 4) is 0 Å². The quantitative estimate of drug-likeness (QED) is 0.729. The minimum atomic E-state index is -3.65. The van der Waals surface area contributed by atoms with E-state index in [1.54, 1.807) is 0 Å². The highest BCUT2D eigenvalue weighted by Crippen LogP contribution is 2.12. The molecule has 0 saturated carbocycles. The molecule has 0 saturated heterocycles. The molecule has 0 spiro atoms. The summed E-state index contributed by atoms with van der Waals surface area (Å²) >= 11 is 0. The van der Waals surface area contributed by atoms with Crippen LogP contribution in [0.15, 0.2) is 60.7 Å². The number of hydrogen-bond acceptors (Lipinski definition) is 3. The summed E-state index contributed by atoms with van der Waals surface area (Å²) in [6.45, 7) is 2.54. The van der Waals surface area contributed by atoms with Crippen LogP contribution in [0.3, 0.4) is 0 Å². The van der Waals surface area contributed by atoms with Crippen LogP contribution in [-0.4, -0.2) is 31.0 Å². The summed E-state index contributed by atoms with van der Waals surface area (Å²) in [5, 5.41) is 9.28. The van der Waals surface area contributed by atoms with Crippen LogP contribution in [0.5, 0.6) is 0 Å². The SMILES string of the molecule is C[C@@H](CO)CN(Cc1ccccc1)S(=O)(=O)NCc1ccccc1. The third-order valence-electron chi connectivity index (χ3n) is 3.67. The predicted molar refractivity (Wildman–Crippen MR) is 95.3 cm³/mol. The molecule has 2 N–H and O–H groups in total. The number of hydrogen-bond donors (Lipinski definition) is 2. The second kappa shape index (κ2) is 8.94. The number of benzene rings is 2. The van der Waals surface area contributed by atoms with Crippen molar-refractivity contribution in [2.45, 2.75) is 20.0 Å². The molecule has 1 atom stereocenters. The van der Waals surface area contributed by atoms with Crippen molar-refractivity contribution in [2.24, 2.45) is 5.92 Å². The smallest absolute Gasteiger partial charge is 0.280 e. The summed E-state index contributed by atoms with van der Waals surface area (Å²) in [7, 11) is -3.65. The standard InChI is InChI=1S/C18H24N2O3S/c1-16(15-21)13-20(14-18-10-6-3-7-11-18)24(22,23)19-12-17-8-4-2-5-9-17/h2-11,16,19,21H,12-15H2,1H3/t16-/m1/s1. The largest absolute Gasteiger partial charge is 0.396 e. The van der Waals surface area contributed by atoms with E-state index < -0.39 is 10.2 Å². The average molecular weight is 348 g/mol. The van der Waals surface area contributed by atoms with Crippen LogP contribution in [0.4, 0.5) is 0 Å². The lowest BCUT2D eigenvalue weighted by Gasteiger charge is -2.25. The van der Waals surface area contributed by atoms with Gasteiger partial charge in [0.05, 0.1) is 0 Å². The van der Waals surface area contributed by atoms with Crippen LogP contribution in [0.25, 0.3) is 0 Å². The van der Waals surface area contributed by atoms with E-state index in [1.807, 2.05) is 67.6 Å². The van der Waals surface area contributed by atoms with Crippen molar-refractivity contribution in [3.63, 3.8) is 0 Å². The van der Waals surface area contributed by atoms with E-state index in [2.05, 4.69) is 4.72 Å². The molecule has 0 aliphatic rings. The highest BCUT2D eigenvalue weighted by atomic mass is 32.2. The van der Waals surface area contributed by atoms with Crippen LogP contribution in [0.1, 0.15) is 18.1 Å². The van der Waals surface area contributed by atoms with Gasteiger partial charge in [0.2, 0.25) is 0 Å². The normalized spacial score (nSPS) is 13.1. The number of rotatable bonds is 9. The first-order valence-electron chi connectivity index (χ1n) is 7.94. The summed E-state index contributed by atoms with van der Waals surface area (Å²) < 4.78 is 29.4. The zero-order chi connectivity index (χ0) is 17.4. The second-order valence-corrected chi connectivity index (χ2v) is 7.63. The third kappa shape index (κ3) is 5.72. The topological polar surface area (TPSA) is 69.6 Å². The van der Waals surface area contributed by atoms with Crippen LogP contribution in [0, 0.1) is 5.92 Å². The molecule has 0 aliphatic carbocycles. The maximum atomic E-state index is 12.7. The zero-order valence-electron chi connectivity index (χ0n) is 13.8. The van der Waals surface area contributed by atoms with E-state index in [0.29, 0.717) is 0 Å². The zero-order valence-corrected chi connectivity index (χ0v) is 14.6. The van der Waals surface area contributed by atoms with E-state index in [-0.39, 0.29) is 32.2 Å². The Kier molecular flexibility index (Phi) is 6.93. The van der Waals surface area contributed by atoms with Crippen molar-refractivity contribution in [2.75, 3.05) is 13.2 Å². The Bertz CT molecular complexity index is 706. The molecule has 24 heavy (non-hydrogen) atoms. The van der Waals surface area contributed by atoms with Gasteiger partial charge < -0.3 is 5.11 Å². The summed E-state index contributed by atoms with van der Waals surface area (Å²) in [4.78, 5) is 0. The fourth-order valence-corrected chi connectivity index (χ4v) is 3.60. The molecule has 0 aliphatic heterocycles. The molecule has 2 rings (SSSR count). The second-order valence-electron chi connectivity index (χ2n) is 5.88. The number of aliphatic hydroxyl groups is 1. The van der Waals surface area contributed by atoms with Crippen LogP contribution in [0.2, 0.25) is 0 Å². The fourth-order valence-electron chi connectivity index (χ4n) is 2.30. The highest BCUT2D eigenvalue weighted by molar-refractivity contribution is 7.87. The first kappa shape index (κ1) is 18.6. The van der Waals surface area contributed by atoms with Crippen LogP contribution < -0.4 is 4.72 Å². The monoisotopic (exact) mass is 348 g/mol. The predicted octanol–water partition coefficient (Wildman–Crippen LogP) is 2.15. The van der Waals surface area contributed by atoms with Crippen molar-refractivity contribution in [3.05, 3.63) is 71.8 Å². The Morgan fingerprint density at radius 3 is 2.08 bits per heavy atom. The third-order valence-corrected chi connectivity index (χ3v) is 5.14. The minimum absolute atomic E-state index is 0.0561. The van der Waals surface area contributed by atoms with Crippen LogP contribution in [-0.2, 0) is 23.3 Å². The van der Waals surface area contributed by atoms with Gasteiger partial charge in [0.1, 0.15) is 0 Å². The number of nitrogens with one attached hydrogen (secondary N) is 1. The van der Waals surface area contributed by atoms with Gasteiger partial charge in [-0.25, -0.2) is 0 Å². The Hall–Kier alpha value is -1.73. The molecule has 0 unspecified atom stereocenters. The van der Waals surface area contributed by atoms with Gasteiger partial charge in [0, 0.05) is 26.2 Å². The molecule has 2 aromatic rings. The van der Waals surface area contributed by atoms with E-state index in [9.17, 15) is 13.5 Å². The molecular weight excluding hydrogens is 324 g/mol. The van der Waals surface area contributed by atoms with Crippen molar-refractivity contribution < 1.29 is 13.5 Å². The Labute approximate surface area is 144 Å². The number of aliphatic hydroxyl groups excluding tert-OH is 1. The molecule has 0 radical (unpaired) electrons. The van der Waals surface area contributed by atoms with E-state index in [1.165, 1.54) is 4.31 Å². The maximum Gasteiger partial charge on any atom is 0.280 e. The van der Waals surface area contributed by atoms with E-state index >= 15 is 0 Å². The lowest BCUT2D eigenvalue weighted by Crippen LogP contribution is -2.42. The van der Waals surface area contributed by atoms with Gasteiger partial charge in [0.25, 0.3) is 10.2 Å². The highest BCUT2D eigenvalue weighted by Gasteiger charge is 2.23. The van der Waals surface area contributed by atoms with Crippen molar-refractivity contribution >= 4 is 10.2 Å². The summed E-state index contributed by atoms with van der Waals surface area (Å²) in [6, 6.07) is 18.8. The van der Waals surface area contributed by atoms with E-state index in [4.69, 9.17) is 0 Å². The molecule has 2 aromatic carbocycles. The van der Waals surface area contributed by atoms with Crippen LogP contribution >= 0.6 is 0 Å².